The number of benzene rings is 3. The van der Waals surface area contributed by atoms with E-state index in [2.05, 4.69) is 15.8 Å². The number of hydrazone groups is 1. The molecular weight excluding hydrogens is 374 g/mol. The van der Waals surface area contributed by atoms with E-state index in [1.165, 1.54) is 6.07 Å². The highest BCUT2D eigenvalue weighted by Crippen LogP contribution is 2.32. The lowest BCUT2D eigenvalue weighted by atomic mass is 10.1. The highest BCUT2D eigenvalue weighted by atomic mass is 32.2. The lowest BCUT2D eigenvalue weighted by molar-refractivity contribution is -0.114. The topological polar surface area (TPSA) is 87.6 Å². The molecule has 1 aliphatic rings. The van der Waals surface area contributed by atoms with Crippen molar-refractivity contribution in [1.29, 1.82) is 0 Å². The van der Waals surface area contributed by atoms with E-state index in [0.29, 0.717) is 16.9 Å². The van der Waals surface area contributed by atoms with Crippen LogP contribution < -0.4 is 10.7 Å². The number of nitrogens with zero attached hydrogens (tertiary/aromatic N) is 1. The predicted molar refractivity (Wildman–Crippen MR) is 109 cm³/mol. The Kier molecular flexibility index (Phi) is 4.67. The van der Waals surface area contributed by atoms with Gasteiger partial charge in [0.1, 0.15) is 0 Å². The minimum Gasteiger partial charge on any atom is -0.325 e. The maximum absolute atomic E-state index is 13.1. The third kappa shape index (κ3) is 3.27. The summed E-state index contributed by atoms with van der Waals surface area (Å²) in [4.78, 5) is 13.0. The molecule has 3 aromatic rings. The third-order valence-corrected chi connectivity index (χ3v) is 6.41. The number of nitrogens with one attached hydrogen (secondary N) is 2. The molecule has 140 valence electrons. The first-order valence-corrected chi connectivity index (χ1v) is 10.2. The summed E-state index contributed by atoms with van der Waals surface area (Å²) < 4.78 is 26.1. The number of hydrogen-bond donors (Lipinski definition) is 2. The predicted octanol–water partition coefficient (Wildman–Crippen LogP) is 3.30. The molecule has 0 aliphatic carbocycles. The van der Waals surface area contributed by atoms with Crippen LogP contribution in [0.5, 0.6) is 0 Å². The summed E-state index contributed by atoms with van der Waals surface area (Å²) in [6, 6.07) is 24.4. The third-order valence-electron chi connectivity index (χ3n) is 4.39. The second kappa shape index (κ2) is 7.28. The fourth-order valence-corrected chi connectivity index (χ4v) is 4.91. The highest BCUT2D eigenvalue weighted by Gasteiger charge is 2.47. The van der Waals surface area contributed by atoms with E-state index >= 15 is 0 Å². The highest BCUT2D eigenvalue weighted by molar-refractivity contribution is 7.94. The summed E-state index contributed by atoms with van der Waals surface area (Å²) in [5, 5.41) is 5.55. The molecule has 0 bridgehead atoms. The average molecular weight is 391 g/mol. The number of anilines is 2. The van der Waals surface area contributed by atoms with Gasteiger partial charge in [0.15, 0.2) is 15.1 Å². The summed E-state index contributed by atoms with van der Waals surface area (Å²) in [5.74, 6) is -0.643. The number of carbonyl (C=O) groups is 1. The Hall–Kier alpha value is -3.45. The summed E-state index contributed by atoms with van der Waals surface area (Å²) in [5.41, 5.74) is 4.68. The molecule has 0 spiro atoms. The lowest BCUT2D eigenvalue weighted by Crippen LogP contribution is -2.37. The van der Waals surface area contributed by atoms with Crippen molar-refractivity contribution in [3.8, 4) is 0 Å². The first-order valence-electron chi connectivity index (χ1n) is 8.65. The van der Waals surface area contributed by atoms with Gasteiger partial charge in [-0.15, -0.1) is 0 Å². The fourth-order valence-electron chi connectivity index (χ4n) is 3.09. The number of sulfone groups is 1. The van der Waals surface area contributed by atoms with E-state index in [-0.39, 0.29) is 10.6 Å². The normalized spacial score (nSPS) is 18.4. The molecule has 6 nitrogen and oxygen atoms in total. The Bertz CT molecular complexity index is 1140. The van der Waals surface area contributed by atoms with Crippen molar-refractivity contribution in [2.45, 2.75) is 10.1 Å². The summed E-state index contributed by atoms with van der Waals surface area (Å²) in [7, 11) is -3.90. The molecule has 1 amide bonds. The van der Waals surface area contributed by atoms with Crippen LogP contribution in [0.2, 0.25) is 0 Å². The summed E-state index contributed by atoms with van der Waals surface area (Å²) in [6.07, 6.45) is 0. The maximum atomic E-state index is 13.1. The Morgan fingerprint density at radius 1 is 0.786 bits per heavy atom. The number of carbonyl (C=O) groups excluding carboxylic acids is 1. The zero-order valence-corrected chi connectivity index (χ0v) is 15.6. The molecule has 4 rings (SSSR count). The maximum Gasteiger partial charge on any atom is 0.249 e. The zero-order valence-electron chi connectivity index (χ0n) is 14.7. The smallest absolute Gasteiger partial charge is 0.249 e. The van der Waals surface area contributed by atoms with Crippen molar-refractivity contribution < 1.29 is 13.2 Å². The Morgan fingerprint density at radius 3 is 2.04 bits per heavy atom. The molecule has 0 unspecified atom stereocenters. The number of amides is 1. The molecule has 1 aliphatic heterocycles. The van der Waals surface area contributed by atoms with E-state index in [0.717, 1.165) is 0 Å². The van der Waals surface area contributed by atoms with Crippen LogP contribution >= 0.6 is 0 Å². The molecule has 28 heavy (non-hydrogen) atoms. The van der Waals surface area contributed by atoms with Crippen molar-refractivity contribution in [3.05, 3.63) is 90.5 Å². The van der Waals surface area contributed by atoms with E-state index in [1.54, 1.807) is 54.6 Å². The van der Waals surface area contributed by atoms with Gasteiger partial charge in [0, 0.05) is 11.3 Å². The minimum absolute atomic E-state index is 0.108. The second-order valence-corrected chi connectivity index (χ2v) is 8.25. The van der Waals surface area contributed by atoms with Crippen molar-refractivity contribution in [1.82, 2.24) is 0 Å². The monoisotopic (exact) mass is 391 g/mol. The number of hydrogen-bond acceptors (Lipinski definition) is 5. The molecule has 1 heterocycles. The standard InChI is InChI=1S/C21H17N3O3S/c25-21(22-15-9-3-1-4-10-15)20-19(24-23-16-11-5-2-6-12-16)17-13-7-8-14-18(17)28(20,26)27/h1-14,20,23H,(H,22,25)/b24-19+/t20-/m1/s1. The lowest BCUT2D eigenvalue weighted by Gasteiger charge is -2.12. The summed E-state index contributed by atoms with van der Waals surface area (Å²) >= 11 is 0. The van der Waals surface area contributed by atoms with E-state index in [9.17, 15) is 13.2 Å². The molecule has 3 aromatic carbocycles. The number of para-hydroxylation sites is 2. The molecule has 0 radical (unpaired) electrons. The summed E-state index contributed by atoms with van der Waals surface area (Å²) in [6.45, 7) is 0. The molecule has 0 fully saturated rings. The van der Waals surface area contributed by atoms with E-state index < -0.39 is 21.0 Å². The van der Waals surface area contributed by atoms with Crippen LogP contribution in [-0.4, -0.2) is 25.3 Å². The van der Waals surface area contributed by atoms with Gasteiger partial charge in [-0.2, -0.15) is 5.10 Å². The fraction of sp³-hybridized carbons (Fsp3) is 0.0476. The molecule has 0 saturated heterocycles. The first kappa shape index (κ1) is 17.9. The Labute approximate surface area is 162 Å². The van der Waals surface area contributed by atoms with Crippen LogP contribution in [0.25, 0.3) is 0 Å². The second-order valence-electron chi connectivity index (χ2n) is 6.25. The SMILES string of the molecule is O=C(Nc1ccccc1)[C@H]1/C(=N/Nc2ccccc2)c2ccccc2S1(=O)=O. The largest absolute Gasteiger partial charge is 0.325 e. The molecule has 7 heteroatoms. The minimum atomic E-state index is -3.90. The quantitative estimate of drug-likeness (QED) is 0.668. The van der Waals surface area contributed by atoms with E-state index in [1.807, 2.05) is 24.3 Å². The van der Waals surface area contributed by atoms with Crippen LogP contribution in [0.15, 0.2) is 94.9 Å². The molecular formula is C21H17N3O3S. The van der Waals surface area contributed by atoms with Crippen molar-refractivity contribution in [2.75, 3.05) is 10.7 Å². The molecule has 2 N–H and O–H groups in total. The van der Waals surface area contributed by atoms with Crippen molar-refractivity contribution in [3.63, 3.8) is 0 Å². The van der Waals surface area contributed by atoms with Gasteiger partial charge in [-0.1, -0.05) is 54.6 Å². The van der Waals surface area contributed by atoms with Gasteiger partial charge in [-0.25, -0.2) is 8.42 Å². The molecule has 1 atom stereocenters. The van der Waals surface area contributed by atoms with Gasteiger partial charge in [0.2, 0.25) is 5.91 Å². The van der Waals surface area contributed by atoms with Gasteiger partial charge >= 0.3 is 0 Å². The van der Waals surface area contributed by atoms with E-state index in [4.69, 9.17) is 0 Å². The number of fused-ring (bicyclic) bond motifs is 1. The van der Waals surface area contributed by atoms with Crippen LogP contribution in [0, 0.1) is 0 Å². The number of rotatable bonds is 4. The van der Waals surface area contributed by atoms with Gasteiger partial charge in [-0.05, 0) is 30.3 Å². The van der Waals surface area contributed by atoms with Gasteiger partial charge < -0.3 is 5.32 Å². The van der Waals surface area contributed by atoms with Gasteiger partial charge in [0.05, 0.1) is 16.3 Å². The molecule has 0 aromatic heterocycles. The first-order chi connectivity index (χ1) is 13.6. The van der Waals surface area contributed by atoms with Crippen LogP contribution in [0.3, 0.4) is 0 Å². The average Bonchev–Trinajstić information content (AvgIpc) is 2.95. The van der Waals surface area contributed by atoms with Crippen LogP contribution in [0.1, 0.15) is 5.56 Å². The Morgan fingerprint density at radius 2 is 1.36 bits per heavy atom. The van der Waals surface area contributed by atoms with Gasteiger partial charge in [0.25, 0.3) is 0 Å². The van der Waals surface area contributed by atoms with Crippen molar-refractivity contribution in [2.24, 2.45) is 5.10 Å². The Balaban J connectivity index is 1.74. The van der Waals surface area contributed by atoms with Gasteiger partial charge in [-0.3, -0.25) is 10.2 Å². The van der Waals surface area contributed by atoms with Crippen LogP contribution in [0.4, 0.5) is 11.4 Å². The molecule has 0 saturated carbocycles. The van der Waals surface area contributed by atoms with Crippen molar-refractivity contribution >= 4 is 32.8 Å². The zero-order chi connectivity index (χ0) is 19.6. The van der Waals surface area contributed by atoms with Crippen LogP contribution in [-0.2, 0) is 14.6 Å².